The highest BCUT2D eigenvalue weighted by molar-refractivity contribution is 5.96. The van der Waals surface area contributed by atoms with Crippen molar-refractivity contribution in [1.82, 2.24) is 5.32 Å². The van der Waals surface area contributed by atoms with Crippen molar-refractivity contribution >= 4 is 11.6 Å². The molecule has 1 spiro atoms. The van der Waals surface area contributed by atoms with Crippen LogP contribution in [0.1, 0.15) is 25.7 Å². The molecule has 0 aliphatic carbocycles. The Balaban J connectivity index is 2.02. The third-order valence-electron chi connectivity index (χ3n) is 4.45. The summed E-state index contributed by atoms with van der Waals surface area (Å²) in [5, 5.41) is 13.2. The monoisotopic (exact) mass is 296 g/mol. The minimum atomic E-state index is -0.962. The van der Waals surface area contributed by atoms with E-state index >= 15 is 0 Å². The molecule has 3 rings (SSSR count). The highest BCUT2D eigenvalue weighted by Crippen LogP contribution is 2.40. The van der Waals surface area contributed by atoms with Crippen LogP contribution in [0.5, 0.6) is 0 Å². The number of aliphatic hydroxyl groups excluding tert-OH is 1. The van der Waals surface area contributed by atoms with E-state index in [-0.39, 0.29) is 12.3 Å². The predicted molar refractivity (Wildman–Crippen MR) is 73.9 cm³/mol. The quantitative estimate of drug-likeness (QED) is 0.827. The van der Waals surface area contributed by atoms with Crippen LogP contribution < -0.4 is 10.2 Å². The summed E-state index contributed by atoms with van der Waals surface area (Å²) >= 11 is 0. The van der Waals surface area contributed by atoms with Gasteiger partial charge in [0, 0.05) is 11.8 Å². The van der Waals surface area contributed by atoms with Gasteiger partial charge in [-0.1, -0.05) is 0 Å². The number of hydrogen-bond acceptors (Lipinski definition) is 3. The molecular formula is C15H18F2N2O2. The summed E-state index contributed by atoms with van der Waals surface area (Å²) in [5.74, 6) is -2.13. The molecule has 2 aliphatic rings. The topological polar surface area (TPSA) is 52.6 Å². The minimum absolute atomic E-state index is 0.0220. The van der Waals surface area contributed by atoms with Crippen LogP contribution in [0, 0.1) is 11.6 Å². The fourth-order valence-corrected chi connectivity index (χ4v) is 3.52. The summed E-state index contributed by atoms with van der Waals surface area (Å²) in [5.41, 5.74) is -0.141. The first-order chi connectivity index (χ1) is 10.0. The van der Waals surface area contributed by atoms with Crippen molar-refractivity contribution in [3.63, 3.8) is 0 Å². The van der Waals surface area contributed by atoms with Crippen molar-refractivity contribution in [2.45, 2.75) is 37.3 Å². The highest BCUT2D eigenvalue weighted by Gasteiger charge is 2.47. The van der Waals surface area contributed by atoms with Crippen molar-refractivity contribution in [3.05, 3.63) is 29.8 Å². The Morgan fingerprint density at radius 3 is 2.62 bits per heavy atom. The summed E-state index contributed by atoms with van der Waals surface area (Å²) in [6, 6.07) is 3.53. The van der Waals surface area contributed by atoms with E-state index in [9.17, 15) is 18.7 Å². The van der Waals surface area contributed by atoms with Crippen LogP contribution in [0.4, 0.5) is 14.5 Å². The standard InChI is InChI=1S/C15H18F2N2O2/c16-12-2-1-10(7-13(12)17)19-14(21)8-11(20)9-15(19)3-5-18-6-4-15/h1-2,7,11,18,20H,3-6,8-9H2. The lowest BCUT2D eigenvalue weighted by Crippen LogP contribution is -2.62. The van der Waals surface area contributed by atoms with Gasteiger partial charge in [-0.3, -0.25) is 4.79 Å². The van der Waals surface area contributed by atoms with E-state index in [1.165, 1.54) is 6.07 Å². The number of anilines is 1. The highest BCUT2D eigenvalue weighted by atomic mass is 19.2. The number of carbonyl (C=O) groups excluding carboxylic acids is 1. The second-order valence-electron chi connectivity index (χ2n) is 5.86. The third kappa shape index (κ3) is 2.53. The van der Waals surface area contributed by atoms with Gasteiger partial charge in [0.2, 0.25) is 5.91 Å². The first-order valence-electron chi connectivity index (χ1n) is 7.19. The van der Waals surface area contributed by atoms with Crippen LogP contribution in [0.3, 0.4) is 0 Å². The first-order valence-corrected chi connectivity index (χ1v) is 7.19. The molecule has 0 saturated carbocycles. The molecule has 0 aromatic heterocycles. The molecule has 1 aromatic rings. The lowest BCUT2D eigenvalue weighted by Gasteiger charge is -2.50. The number of amides is 1. The lowest BCUT2D eigenvalue weighted by molar-refractivity contribution is -0.125. The Hall–Kier alpha value is -1.53. The number of piperidine rings is 2. The summed E-state index contributed by atoms with van der Waals surface area (Å²) in [6.45, 7) is 1.47. The van der Waals surface area contributed by atoms with Crippen LogP contribution in [-0.4, -0.2) is 35.7 Å². The fraction of sp³-hybridized carbons (Fsp3) is 0.533. The van der Waals surface area contributed by atoms with Gasteiger partial charge < -0.3 is 15.3 Å². The molecule has 114 valence electrons. The number of nitrogens with one attached hydrogen (secondary N) is 1. The molecule has 2 saturated heterocycles. The Morgan fingerprint density at radius 2 is 1.95 bits per heavy atom. The van der Waals surface area contributed by atoms with Gasteiger partial charge in [0.1, 0.15) is 0 Å². The van der Waals surface area contributed by atoms with Crippen molar-refractivity contribution in [2.24, 2.45) is 0 Å². The summed E-state index contributed by atoms with van der Waals surface area (Å²) in [4.78, 5) is 14.0. The van der Waals surface area contributed by atoms with Gasteiger partial charge in [-0.05, 0) is 44.5 Å². The average molecular weight is 296 g/mol. The zero-order valence-electron chi connectivity index (χ0n) is 11.6. The molecule has 2 fully saturated rings. The van der Waals surface area contributed by atoms with Crippen molar-refractivity contribution in [1.29, 1.82) is 0 Å². The molecule has 4 nitrogen and oxygen atoms in total. The van der Waals surface area contributed by atoms with Gasteiger partial charge in [-0.2, -0.15) is 0 Å². The van der Waals surface area contributed by atoms with Gasteiger partial charge in [-0.15, -0.1) is 0 Å². The van der Waals surface area contributed by atoms with E-state index in [0.717, 1.165) is 25.2 Å². The van der Waals surface area contributed by atoms with Gasteiger partial charge in [0.05, 0.1) is 18.1 Å². The molecule has 1 amide bonds. The molecule has 2 N–H and O–H groups in total. The maximum Gasteiger partial charge on any atom is 0.230 e. The van der Waals surface area contributed by atoms with E-state index in [4.69, 9.17) is 0 Å². The molecule has 1 atom stereocenters. The molecule has 1 aromatic carbocycles. The van der Waals surface area contributed by atoms with E-state index in [2.05, 4.69) is 5.32 Å². The third-order valence-corrected chi connectivity index (χ3v) is 4.45. The zero-order chi connectivity index (χ0) is 15.0. The largest absolute Gasteiger partial charge is 0.393 e. The number of benzene rings is 1. The van der Waals surface area contributed by atoms with E-state index in [0.29, 0.717) is 24.9 Å². The van der Waals surface area contributed by atoms with Gasteiger partial charge >= 0.3 is 0 Å². The van der Waals surface area contributed by atoms with Crippen molar-refractivity contribution < 1.29 is 18.7 Å². The smallest absolute Gasteiger partial charge is 0.230 e. The predicted octanol–water partition coefficient (Wildman–Crippen LogP) is 1.57. The second-order valence-corrected chi connectivity index (χ2v) is 5.86. The van der Waals surface area contributed by atoms with Gasteiger partial charge in [0.25, 0.3) is 0 Å². The molecule has 21 heavy (non-hydrogen) atoms. The van der Waals surface area contributed by atoms with E-state index < -0.39 is 23.3 Å². The molecular weight excluding hydrogens is 278 g/mol. The normalized spacial score (nSPS) is 25.4. The summed E-state index contributed by atoms with van der Waals surface area (Å²) < 4.78 is 26.6. The second kappa shape index (κ2) is 5.35. The molecule has 0 bridgehead atoms. The number of halogens is 2. The zero-order valence-corrected chi connectivity index (χ0v) is 11.6. The summed E-state index contributed by atoms with van der Waals surface area (Å²) in [7, 11) is 0. The number of hydrogen-bond donors (Lipinski definition) is 2. The van der Waals surface area contributed by atoms with Crippen molar-refractivity contribution in [2.75, 3.05) is 18.0 Å². The van der Waals surface area contributed by atoms with Gasteiger partial charge in [0.15, 0.2) is 11.6 Å². The Morgan fingerprint density at radius 1 is 1.24 bits per heavy atom. The Labute approximate surface area is 121 Å². The first kappa shape index (κ1) is 14.4. The van der Waals surface area contributed by atoms with Crippen LogP contribution in [0.15, 0.2) is 18.2 Å². The molecule has 0 radical (unpaired) electrons. The van der Waals surface area contributed by atoms with E-state index in [1.807, 2.05) is 0 Å². The fourth-order valence-electron chi connectivity index (χ4n) is 3.52. The number of aliphatic hydroxyl groups is 1. The summed E-state index contributed by atoms with van der Waals surface area (Å²) in [6.07, 6.45) is 1.20. The molecule has 6 heteroatoms. The molecule has 1 unspecified atom stereocenters. The Kier molecular flexibility index (Phi) is 3.67. The Bertz CT molecular complexity index is 559. The maximum absolute atomic E-state index is 13.5. The van der Waals surface area contributed by atoms with Crippen LogP contribution in [0.2, 0.25) is 0 Å². The SMILES string of the molecule is O=C1CC(O)CC2(CCNCC2)N1c1ccc(F)c(F)c1. The lowest BCUT2D eigenvalue weighted by atomic mass is 9.77. The van der Waals surface area contributed by atoms with E-state index in [1.54, 1.807) is 4.90 Å². The molecule has 2 aliphatic heterocycles. The number of nitrogens with zero attached hydrogens (tertiary/aromatic N) is 1. The van der Waals surface area contributed by atoms with Crippen LogP contribution >= 0.6 is 0 Å². The van der Waals surface area contributed by atoms with Crippen LogP contribution in [0.25, 0.3) is 0 Å². The minimum Gasteiger partial charge on any atom is -0.393 e. The van der Waals surface area contributed by atoms with Crippen molar-refractivity contribution in [3.8, 4) is 0 Å². The van der Waals surface area contributed by atoms with Gasteiger partial charge in [-0.25, -0.2) is 8.78 Å². The molecule has 2 heterocycles. The average Bonchev–Trinajstić information content (AvgIpc) is 2.42. The maximum atomic E-state index is 13.5. The number of rotatable bonds is 1. The number of carbonyl (C=O) groups is 1. The van der Waals surface area contributed by atoms with Crippen LogP contribution in [-0.2, 0) is 4.79 Å².